The van der Waals surface area contributed by atoms with E-state index >= 15 is 0 Å². The van der Waals surface area contributed by atoms with E-state index in [1.807, 2.05) is 0 Å². The van der Waals surface area contributed by atoms with Crippen molar-refractivity contribution in [3.05, 3.63) is 115 Å². The fourth-order valence-corrected chi connectivity index (χ4v) is 7.72. The zero-order valence-electron chi connectivity index (χ0n) is 29.1. The van der Waals surface area contributed by atoms with Gasteiger partial charge in [0.05, 0.1) is 71.6 Å². The standard InChI is InChI=1S/2C19H16F3NO4/c2*1-8-13(17(24)26-2)15(16-12(23-8)7-27-18(16)25)9-4-3-5-11(20)14(9)10-6-19(10,21)22/h2*3-5,10,15,23H,6-7H2,1-2H3/t10-,15+;10-,15-/m10/s1. The minimum Gasteiger partial charge on any atom is -0.466 e. The molecule has 2 aromatic rings. The normalized spacial score (nSPS) is 25.7. The van der Waals surface area contributed by atoms with Gasteiger partial charge in [0.25, 0.3) is 11.8 Å². The molecular formula is C38H32F6N2O8. The molecule has 2 N–H and O–H groups in total. The van der Waals surface area contributed by atoms with E-state index in [0.717, 1.165) is 12.1 Å². The van der Waals surface area contributed by atoms with Crippen molar-refractivity contribution in [3.63, 3.8) is 0 Å². The van der Waals surface area contributed by atoms with Crippen LogP contribution in [0.25, 0.3) is 0 Å². The highest BCUT2D eigenvalue weighted by molar-refractivity contribution is 6.02. The fraction of sp³-hybridized carbons (Fsp3) is 0.368. The predicted molar refractivity (Wildman–Crippen MR) is 175 cm³/mol. The van der Waals surface area contributed by atoms with Crippen LogP contribution in [0.5, 0.6) is 0 Å². The molecular weight excluding hydrogens is 726 g/mol. The minimum atomic E-state index is -3.01. The maximum absolute atomic E-state index is 14.6. The number of carbonyl (C=O) groups is 4. The summed E-state index contributed by atoms with van der Waals surface area (Å²) in [5, 5.41) is 5.88. The third-order valence-corrected chi connectivity index (χ3v) is 10.4. The minimum absolute atomic E-state index is 0.0271. The summed E-state index contributed by atoms with van der Waals surface area (Å²) in [6, 6.07) is 7.89. The van der Waals surface area contributed by atoms with Gasteiger partial charge in [-0.3, -0.25) is 0 Å². The number of esters is 4. The van der Waals surface area contributed by atoms with Crippen LogP contribution in [0.4, 0.5) is 26.3 Å². The lowest BCUT2D eigenvalue weighted by Crippen LogP contribution is -2.30. The molecule has 0 saturated heterocycles. The van der Waals surface area contributed by atoms with Crippen molar-refractivity contribution in [1.82, 2.24) is 10.6 Å². The second-order valence-corrected chi connectivity index (χ2v) is 13.6. The van der Waals surface area contributed by atoms with Gasteiger partial charge in [0, 0.05) is 35.4 Å². The van der Waals surface area contributed by atoms with Crippen molar-refractivity contribution < 1.29 is 64.5 Å². The molecule has 16 heteroatoms. The summed E-state index contributed by atoms with van der Waals surface area (Å²) in [6.07, 6.45) is -0.947. The molecule has 2 aliphatic carbocycles. The molecule has 0 aromatic heterocycles. The lowest BCUT2D eigenvalue weighted by Gasteiger charge is -2.29. The van der Waals surface area contributed by atoms with E-state index < -0.39 is 83.9 Å². The van der Waals surface area contributed by atoms with Gasteiger partial charge in [0.1, 0.15) is 24.8 Å². The number of hydrogen-bond donors (Lipinski definition) is 2. The van der Waals surface area contributed by atoms with Crippen LogP contribution in [0.2, 0.25) is 0 Å². The van der Waals surface area contributed by atoms with E-state index in [0.29, 0.717) is 22.8 Å². The first kappa shape index (κ1) is 36.8. The van der Waals surface area contributed by atoms with Crippen LogP contribution in [0.1, 0.15) is 72.6 Å². The van der Waals surface area contributed by atoms with Gasteiger partial charge < -0.3 is 29.6 Å². The van der Waals surface area contributed by atoms with Gasteiger partial charge in [-0.15, -0.1) is 0 Å². The van der Waals surface area contributed by atoms with E-state index in [1.165, 1.54) is 38.5 Å². The number of hydrogen-bond acceptors (Lipinski definition) is 10. The zero-order chi connectivity index (χ0) is 39.0. The van der Waals surface area contributed by atoms with Gasteiger partial charge in [0.15, 0.2) is 0 Å². The summed E-state index contributed by atoms with van der Waals surface area (Å²) in [7, 11) is 2.36. The first-order valence-electron chi connectivity index (χ1n) is 16.8. The maximum atomic E-state index is 14.6. The molecule has 4 heterocycles. The largest absolute Gasteiger partial charge is 0.466 e. The Morgan fingerprint density at radius 3 is 1.35 bits per heavy atom. The molecule has 0 unspecified atom stereocenters. The molecule has 8 rings (SSSR count). The monoisotopic (exact) mass is 758 g/mol. The Balaban J connectivity index is 0.000000167. The highest BCUT2D eigenvalue weighted by Crippen LogP contribution is 2.60. The Kier molecular flexibility index (Phi) is 8.92. The van der Waals surface area contributed by atoms with E-state index in [-0.39, 0.29) is 57.8 Å². The maximum Gasteiger partial charge on any atom is 0.337 e. The van der Waals surface area contributed by atoms with E-state index in [2.05, 4.69) is 10.6 Å². The Morgan fingerprint density at radius 2 is 1.04 bits per heavy atom. The molecule has 2 aromatic carbocycles. The van der Waals surface area contributed by atoms with Gasteiger partial charge >= 0.3 is 23.9 Å². The van der Waals surface area contributed by atoms with Crippen molar-refractivity contribution in [1.29, 1.82) is 0 Å². The molecule has 10 nitrogen and oxygen atoms in total. The Labute approximate surface area is 303 Å². The number of allylic oxidation sites excluding steroid dienone is 2. The zero-order valence-corrected chi connectivity index (χ0v) is 29.1. The number of carbonyl (C=O) groups excluding carboxylic acids is 4. The first-order valence-corrected chi connectivity index (χ1v) is 16.8. The lowest BCUT2D eigenvalue weighted by atomic mass is 9.78. The number of benzene rings is 2. The second kappa shape index (κ2) is 13.1. The SMILES string of the molecule is COC(=O)C1=C(C)NC2=C(C(=O)OC2)[C@H]1c1cccc(F)c1[C@@H]1CC1(F)F.COC(=O)C1=C(C)NC2=C(C(=O)OC2)[C@H]1c1cccc(F)c1[C@H]1CC1(F)F. The van der Waals surface area contributed by atoms with Crippen LogP contribution in [-0.2, 0) is 38.1 Å². The predicted octanol–water partition coefficient (Wildman–Crippen LogP) is 5.79. The highest BCUT2D eigenvalue weighted by Gasteiger charge is 2.61. The molecule has 0 spiro atoms. The molecule has 0 radical (unpaired) electrons. The van der Waals surface area contributed by atoms with Crippen molar-refractivity contribution in [2.45, 2.75) is 62.2 Å². The summed E-state index contributed by atoms with van der Waals surface area (Å²) < 4.78 is 104. The van der Waals surface area contributed by atoms with Gasteiger partial charge in [-0.1, -0.05) is 24.3 Å². The molecule has 2 saturated carbocycles. The van der Waals surface area contributed by atoms with Crippen LogP contribution >= 0.6 is 0 Å². The molecule has 0 amide bonds. The Hall–Kier alpha value is -5.54. The van der Waals surface area contributed by atoms with Crippen LogP contribution in [0.3, 0.4) is 0 Å². The number of alkyl halides is 4. The van der Waals surface area contributed by atoms with Gasteiger partial charge in [-0.05, 0) is 37.1 Å². The van der Waals surface area contributed by atoms with Gasteiger partial charge in [0.2, 0.25) is 0 Å². The first-order chi connectivity index (χ1) is 25.5. The summed E-state index contributed by atoms with van der Waals surface area (Å²) in [5.41, 5.74) is 2.05. The smallest absolute Gasteiger partial charge is 0.337 e. The molecule has 2 fully saturated rings. The number of rotatable bonds is 6. The van der Waals surface area contributed by atoms with Crippen LogP contribution < -0.4 is 10.6 Å². The third kappa shape index (κ3) is 6.00. The van der Waals surface area contributed by atoms with Crippen LogP contribution in [0, 0.1) is 11.6 Å². The summed E-state index contributed by atoms with van der Waals surface area (Å²) in [4.78, 5) is 49.5. The number of nitrogens with one attached hydrogen (secondary N) is 2. The van der Waals surface area contributed by atoms with E-state index in [1.54, 1.807) is 13.8 Å². The van der Waals surface area contributed by atoms with Crippen molar-refractivity contribution in [2.75, 3.05) is 27.4 Å². The topological polar surface area (TPSA) is 129 Å². The number of ether oxygens (including phenoxy) is 4. The molecule has 4 aliphatic heterocycles. The Morgan fingerprint density at radius 1 is 0.685 bits per heavy atom. The number of halogens is 6. The summed E-state index contributed by atoms with van der Waals surface area (Å²) in [5.74, 6) is -15.0. The average Bonchev–Trinajstić information content (AvgIpc) is 3.81. The molecule has 54 heavy (non-hydrogen) atoms. The molecule has 284 valence electrons. The molecule has 6 aliphatic rings. The number of cyclic esters (lactones) is 2. The highest BCUT2D eigenvalue weighted by atomic mass is 19.3. The summed E-state index contributed by atoms with van der Waals surface area (Å²) >= 11 is 0. The van der Waals surface area contributed by atoms with Crippen LogP contribution in [-0.4, -0.2) is 63.2 Å². The lowest BCUT2D eigenvalue weighted by molar-refractivity contribution is -0.138. The fourth-order valence-electron chi connectivity index (χ4n) is 7.72. The van der Waals surface area contributed by atoms with Gasteiger partial charge in [-0.25, -0.2) is 45.5 Å². The van der Waals surface area contributed by atoms with Crippen LogP contribution in [0.15, 0.2) is 81.5 Å². The number of dihydropyridines is 2. The third-order valence-electron chi connectivity index (χ3n) is 10.4. The second-order valence-electron chi connectivity index (χ2n) is 13.6. The van der Waals surface area contributed by atoms with E-state index in [4.69, 9.17) is 18.9 Å². The van der Waals surface area contributed by atoms with Crippen molar-refractivity contribution >= 4 is 23.9 Å². The molecule has 0 bridgehead atoms. The van der Waals surface area contributed by atoms with E-state index in [9.17, 15) is 45.5 Å². The van der Waals surface area contributed by atoms with Crippen molar-refractivity contribution in [2.24, 2.45) is 0 Å². The molecule has 4 atom stereocenters. The van der Waals surface area contributed by atoms with Crippen molar-refractivity contribution in [3.8, 4) is 0 Å². The Bertz CT molecular complexity index is 2020. The number of methoxy groups -OCH3 is 2. The summed E-state index contributed by atoms with van der Waals surface area (Å²) in [6.45, 7) is 3.16. The quantitative estimate of drug-likeness (QED) is 0.213. The average molecular weight is 759 g/mol. The van der Waals surface area contributed by atoms with Gasteiger partial charge in [-0.2, -0.15) is 0 Å².